The summed E-state index contributed by atoms with van der Waals surface area (Å²) in [6.07, 6.45) is 1.72. The average Bonchev–Trinajstić information content (AvgIpc) is 3.30. The van der Waals surface area contributed by atoms with Gasteiger partial charge in [0, 0.05) is 18.5 Å². The molecule has 6 nitrogen and oxygen atoms in total. The number of hydrogen-bond donors (Lipinski definition) is 1. The molecule has 2 aromatic heterocycles. The Bertz CT molecular complexity index is 1030. The smallest absolute Gasteiger partial charge is 0.295 e. The maximum absolute atomic E-state index is 13.1. The van der Waals surface area contributed by atoms with Gasteiger partial charge in [-0.1, -0.05) is 30.3 Å². The van der Waals surface area contributed by atoms with E-state index < -0.39 is 6.04 Å². The highest BCUT2D eigenvalue weighted by atomic mass is 32.1. The summed E-state index contributed by atoms with van der Waals surface area (Å²) in [5, 5.41) is 5.14. The minimum atomic E-state index is -0.548. The van der Waals surface area contributed by atoms with Gasteiger partial charge in [0.25, 0.3) is 5.56 Å². The molecular formula is C22H26N4O2S. The number of nitrogens with one attached hydrogen (secondary N) is 1. The third kappa shape index (κ3) is 4.35. The quantitative estimate of drug-likeness (QED) is 0.578. The van der Waals surface area contributed by atoms with Gasteiger partial charge in [-0.25, -0.2) is 4.68 Å². The lowest BCUT2D eigenvalue weighted by Crippen LogP contribution is -2.41. The molecule has 0 bridgehead atoms. The van der Waals surface area contributed by atoms with Crippen LogP contribution in [-0.4, -0.2) is 32.8 Å². The summed E-state index contributed by atoms with van der Waals surface area (Å²) in [6.45, 7) is 8.39. The van der Waals surface area contributed by atoms with Crippen molar-refractivity contribution in [3.63, 3.8) is 0 Å². The zero-order valence-corrected chi connectivity index (χ0v) is 17.8. The van der Waals surface area contributed by atoms with Crippen LogP contribution in [-0.2, 0) is 18.4 Å². The number of aromatic nitrogens is 2. The van der Waals surface area contributed by atoms with Crippen LogP contribution in [0.4, 0.5) is 5.69 Å². The van der Waals surface area contributed by atoms with E-state index in [1.165, 1.54) is 0 Å². The monoisotopic (exact) mass is 410 g/mol. The fraction of sp³-hybridized carbons (Fsp3) is 0.273. The summed E-state index contributed by atoms with van der Waals surface area (Å²) >= 11 is 1.61. The van der Waals surface area contributed by atoms with Gasteiger partial charge in [-0.05, 0) is 37.4 Å². The normalized spacial score (nSPS) is 11.8. The number of thiophene rings is 1. The summed E-state index contributed by atoms with van der Waals surface area (Å²) in [7, 11) is 1.84. The van der Waals surface area contributed by atoms with Crippen molar-refractivity contribution in [3.8, 4) is 5.69 Å². The van der Waals surface area contributed by atoms with Gasteiger partial charge >= 0.3 is 0 Å². The van der Waals surface area contributed by atoms with Crippen LogP contribution in [0.5, 0.6) is 0 Å². The van der Waals surface area contributed by atoms with Crippen LogP contribution in [0.15, 0.2) is 65.3 Å². The summed E-state index contributed by atoms with van der Waals surface area (Å²) in [6, 6.07) is 12.9. The number of anilines is 1. The molecular weight excluding hydrogens is 384 g/mol. The van der Waals surface area contributed by atoms with E-state index in [4.69, 9.17) is 0 Å². The van der Waals surface area contributed by atoms with E-state index in [1.807, 2.05) is 61.8 Å². The maximum Gasteiger partial charge on any atom is 0.295 e. The Morgan fingerprint density at radius 3 is 2.62 bits per heavy atom. The molecule has 0 fully saturated rings. The van der Waals surface area contributed by atoms with E-state index >= 15 is 0 Å². The van der Waals surface area contributed by atoms with Crippen LogP contribution < -0.4 is 10.9 Å². The minimum absolute atomic E-state index is 0.0767. The predicted octanol–water partition coefficient (Wildman–Crippen LogP) is 3.56. The Labute approximate surface area is 174 Å². The molecule has 0 saturated heterocycles. The van der Waals surface area contributed by atoms with Crippen LogP contribution in [0.2, 0.25) is 0 Å². The van der Waals surface area contributed by atoms with E-state index in [9.17, 15) is 9.59 Å². The molecule has 1 N–H and O–H groups in total. The van der Waals surface area contributed by atoms with E-state index in [0.29, 0.717) is 18.8 Å². The summed E-state index contributed by atoms with van der Waals surface area (Å²) in [4.78, 5) is 29.0. The molecule has 29 heavy (non-hydrogen) atoms. The Morgan fingerprint density at radius 1 is 1.28 bits per heavy atom. The highest BCUT2D eigenvalue weighted by molar-refractivity contribution is 7.09. The minimum Gasteiger partial charge on any atom is -0.368 e. The number of benzene rings is 1. The molecule has 1 aromatic carbocycles. The number of nitrogens with zero attached hydrogens (tertiary/aromatic N) is 3. The first-order valence-electron chi connectivity index (χ1n) is 9.46. The molecule has 1 atom stereocenters. The van der Waals surface area contributed by atoms with Crippen molar-refractivity contribution in [1.29, 1.82) is 0 Å². The maximum atomic E-state index is 13.1. The van der Waals surface area contributed by atoms with Crippen LogP contribution in [0.1, 0.15) is 17.5 Å². The molecule has 1 amide bonds. The van der Waals surface area contributed by atoms with Gasteiger partial charge in [0.05, 0.1) is 17.9 Å². The largest absolute Gasteiger partial charge is 0.368 e. The standard InChI is InChI=1S/C22H26N4O2S/c1-5-13-25(15-19-12-9-14-29-19)21(27)16(2)23-20-17(3)24(4)26(22(20)28)18-10-7-6-8-11-18/h5-12,14,16,23H,1,13,15H2,2-4H3. The summed E-state index contributed by atoms with van der Waals surface area (Å²) in [5.41, 5.74) is 1.81. The van der Waals surface area contributed by atoms with Gasteiger partial charge < -0.3 is 10.2 Å². The number of carbonyl (C=O) groups is 1. The third-order valence-corrected chi connectivity index (χ3v) is 5.73. The molecule has 3 aromatic rings. The second-order valence-corrected chi connectivity index (χ2v) is 7.92. The van der Waals surface area contributed by atoms with Gasteiger partial charge in [-0.15, -0.1) is 17.9 Å². The fourth-order valence-corrected chi connectivity index (χ4v) is 3.99. The van der Waals surface area contributed by atoms with E-state index in [1.54, 1.807) is 38.6 Å². The SMILES string of the molecule is C=CCN(Cc1cccs1)C(=O)C(C)Nc1c(C)n(C)n(-c2ccccc2)c1=O. The second-order valence-electron chi connectivity index (χ2n) is 6.89. The van der Waals surface area contributed by atoms with E-state index in [0.717, 1.165) is 16.3 Å². The number of hydrogen-bond acceptors (Lipinski definition) is 4. The van der Waals surface area contributed by atoms with Crippen molar-refractivity contribution < 1.29 is 4.79 Å². The number of carbonyl (C=O) groups excluding carboxylic acids is 1. The molecule has 3 rings (SSSR count). The summed E-state index contributed by atoms with van der Waals surface area (Å²) in [5.74, 6) is -0.0767. The zero-order chi connectivity index (χ0) is 21.0. The molecule has 0 spiro atoms. The first kappa shape index (κ1) is 20.7. The van der Waals surface area contributed by atoms with E-state index in [-0.39, 0.29) is 11.5 Å². The molecule has 0 saturated carbocycles. The Kier molecular flexibility index (Phi) is 6.39. The van der Waals surface area contributed by atoms with Crippen LogP contribution in [0, 0.1) is 6.92 Å². The molecule has 152 valence electrons. The zero-order valence-electron chi connectivity index (χ0n) is 17.0. The van der Waals surface area contributed by atoms with Crippen LogP contribution in [0.25, 0.3) is 5.69 Å². The first-order chi connectivity index (χ1) is 13.9. The topological polar surface area (TPSA) is 59.3 Å². The van der Waals surface area contributed by atoms with Crippen molar-refractivity contribution in [2.24, 2.45) is 7.05 Å². The van der Waals surface area contributed by atoms with Gasteiger partial charge in [-0.3, -0.25) is 14.3 Å². The molecule has 0 aliphatic carbocycles. The Hall–Kier alpha value is -3.06. The Morgan fingerprint density at radius 2 is 2.00 bits per heavy atom. The van der Waals surface area contributed by atoms with Crippen molar-refractivity contribution >= 4 is 22.9 Å². The van der Waals surface area contributed by atoms with Gasteiger partial charge in [0.1, 0.15) is 11.7 Å². The molecule has 0 aliphatic heterocycles. The predicted molar refractivity (Wildman–Crippen MR) is 119 cm³/mol. The van der Waals surface area contributed by atoms with Crippen LogP contribution in [0.3, 0.4) is 0 Å². The van der Waals surface area contributed by atoms with Crippen molar-refractivity contribution in [1.82, 2.24) is 14.3 Å². The van der Waals surface area contributed by atoms with Crippen molar-refractivity contribution in [3.05, 3.63) is 81.4 Å². The molecule has 2 heterocycles. The molecule has 0 aliphatic rings. The molecule has 7 heteroatoms. The average molecular weight is 411 g/mol. The van der Waals surface area contributed by atoms with Crippen molar-refractivity contribution in [2.75, 3.05) is 11.9 Å². The van der Waals surface area contributed by atoms with Gasteiger partial charge in [-0.2, -0.15) is 0 Å². The number of rotatable bonds is 8. The number of amides is 1. The fourth-order valence-electron chi connectivity index (χ4n) is 3.27. The lowest BCUT2D eigenvalue weighted by atomic mass is 10.2. The Balaban J connectivity index is 1.84. The summed E-state index contributed by atoms with van der Waals surface area (Å²) < 4.78 is 3.40. The van der Waals surface area contributed by atoms with Gasteiger partial charge in [0.15, 0.2) is 0 Å². The van der Waals surface area contributed by atoms with E-state index in [2.05, 4.69) is 11.9 Å². The van der Waals surface area contributed by atoms with Gasteiger partial charge in [0.2, 0.25) is 5.91 Å². The highest BCUT2D eigenvalue weighted by Crippen LogP contribution is 2.17. The second kappa shape index (κ2) is 8.96. The number of para-hydroxylation sites is 1. The molecule has 1 unspecified atom stereocenters. The molecule has 0 radical (unpaired) electrons. The third-order valence-electron chi connectivity index (χ3n) is 4.87. The lowest BCUT2D eigenvalue weighted by Gasteiger charge is -2.25. The lowest BCUT2D eigenvalue weighted by molar-refractivity contribution is -0.131. The van der Waals surface area contributed by atoms with Crippen molar-refractivity contribution in [2.45, 2.75) is 26.4 Å². The highest BCUT2D eigenvalue weighted by Gasteiger charge is 2.24. The first-order valence-corrected chi connectivity index (χ1v) is 10.3. The van der Waals surface area contributed by atoms with Crippen LogP contribution >= 0.6 is 11.3 Å².